The number of carbonyl (C=O) groups excluding carboxylic acids is 6. The zero-order valence-electron chi connectivity index (χ0n) is 34.9. The molecule has 8 rings (SSSR count). The molecule has 0 aromatic rings. The van der Waals surface area contributed by atoms with Gasteiger partial charge >= 0.3 is 12.2 Å². The van der Waals surface area contributed by atoms with E-state index in [0.29, 0.717) is 71.3 Å². The fourth-order valence-corrected chi connectivity index (χ4v) is 11.1. The number of Topliss-reactive ketones (excluding diaryl/α,β-unsaturated/α-hetero) is 4. The molecule has 0 saturated carbocycles. The molecule has 4 saturated heterocycles. The van der Waals surface area contributed by atoms with Crippen LogP contribution in [0.15, 0.2) is 45.1 Å². The highest BCUT2D eigenvalue weighted by molar-refractivity contribution is 6.26. The second-order valence-corrected chi connectivity index (χ2v) is 17.2. The first-order valence-electron chi connectivity index (χ1n) is 21.4. The molecule has 0 unspecified atom stereocenters. The number of unbranched alkanes of at least 4 members (excludes halogenated alkanes) is 9. The van der Waals surface area contributed by atoms with Crippen LogP contribution in [-0.4, -0.2) is 134 Å². The first kappa shape index (κ1) is 41.9. The summed E-state index contributed by atoms with van der Waals surface area (Å²) >= 11 is 0. The fraction of sp³-hybridized carbons (Fsp3) is 0.667. The number of ketones is 4. The Labute approximate surface area is 349 Å². The second kappa shape index (κ2) is 16.2. The summed E-state index contributed by atoms with van der Waals surface area (Å²) < 4.78 is 22.5. The average Bonchev–Trinajstić information content (AvgIpc) is 4.06. The van der Waals surface area contributed by atoms with Crippen molar-refractivity contribution in [2.45, 2.75) is 114 Å². The van der Waals surface area contributed by atoms with Crippen molar-refractivity contribution in [3.63, 3.8) is 0 Å². The Morgan fingerprint density at radius 2 is 0.967 bits per heavy atom. The van der Waals surface area contributed by atoms with Crippen LogP contribution >= 0.6 is 0 Å². The lowest BCUT2D eigenvalue weighted by Gasteiger charge is -2.39. The van der Waals surface area contributed by atoms with Crippen molar-refractivity contribution in [1.82, 2.24) is 31.1 Å². The number of allylic oxidation sites excluding steroid dienone is 4. The zero-order valence-corrected chi connectivity index (χ0v) is 34.9. The third-order valence-corrected chi connectivity index (χ3v) is 14.1. The molecule has 0 aromatic carbocycles. The van der Waals surface area contributed by atoms with Crippen molar-refractivity contribution in [1.29, 1.82) is 0 Å². The van der Waals surface area contributed by atoms with Crippen molar-refractivity contribution in [2.24, 2.45) is 23.3 Å². The Hall–Kier alpha value is -4.78. The number of hydrogen-bond donors (Lipinski definition) is 6. The number of rotatable bonds is 21. The summed E-state index contributed by atoms with van der Waals surface area (Å²) in [6.07, 6.45) is 8.37. The van der Waals surface area contributed by atoms with Gasteiger partial charge in [-0.3, -0.25) is 19.2 Å². The lowest BCUT2D eigenvalue weighted by atomic mass is 9.82. The van der Waals surface area contributed by atoms with Gasteiger partial charge in [0.05, 0.1) is 46.7 Å². The van der Waals surface area contributed by atoms with Gasteiger partial charge in [-0.1, -0.05) is 51.4 Å². The van der Waals surface area contributed by atoms with Crippen LogP contribution in [-0.2, 0) is 38.1 Å². The largest absolute Gasteiger partial charge is 0.449 e. The van der Waals surface area contributed by atoms with E-state index < -0.39 is 35.5 Å². The number of fused-ring (bicyclic) bond motifs is 8. The van der Waals surface area contributed by atoms with Crippen molar-refractivity contribution < 1.29 is 47.7 Å². The predicted molar refractivity (Wildman–Crippen MR) is 214 cm³/mol. The average molecular weight is 835 g/mol. The molecule has 0 bridgehead atoms. The van der Waals surface area contributed by atoms with Crippen LogP contribution in [0.5, 0.6) is 0 Å². The van der Waals surface area contributed by atoms with Crippen molar-refractivity contribution in [3.8, 4) is 0 Å². The molecule has 8 atom stereocenters. The summed E-state index contributed by atoms with van der Waals surface area (Å²) in [5.74, 6) is -2.27. The van der Waals surface area contributed by atoms with Crippen LogP contribution in [0.3, 0.4) is 0 Å². The summed E-state index contributed by atoms with van der Waals surface area (Å²) in [7, 11) is 3.11. The number of carbonyl (C=O) groups is 6. The van der Waals surface area contributed by atoms with E-state index in [2.05, 4.69) is 21.3 Å². The molecule has 326 valence electrons. The summed E-state index contributed by atoms with van der Waals surface area (Å²) in [6.45, 7) is 5.20. The number of nitrogens with zero attached hydrogens (tertiary/aromatic N) is 2. The highest BCUT2D eigenvalue weighted by Crippen LogP contribution is 2.57. The standard InChI is InChI=1S/C42H58N8O10/c1-21-29(35(53)27-23(19-59-39(43)55)41(57-3)37-25(47-37)17-49(41)31(27)33(21)51)45-15-13-11-9-7-5-6-8-10-12-14-16-46-30-22(2)34(52)32-28(36(30)54)24(20-60-40(44)56)42(58-4)38-26(48-38)18-50(32)42/h23-26,37-38,45-48H,5-20H2,1-4H3,(H2,43,55)(H2,44,56)/t23-,24-,25+,26+,37+,38+,41-,42-/m1/s1. The van der Waals surface area contributed by atoms with E-state index in [1.165, 1.54) is 0 Å². The molecule has 8 aliphatic rings. The maximum atomic E-state index is 14.0. The van der Waals surface area contributed by atoms with E-state index in [0.717, 1.165) is 64.2 Å². The molecule has 18 heteroatoms. The summed E-state index contributed by atoms with van der Waals surface area (Å²) in [6, 6.07) is 0.0840. The third kappa shape index (κ3) is 6.61. The van der Waals surface area contributed by atoms with Gasteiger partial charge < -0.3 is 61.5 Å². The van der Waals surface area contributed by atoms with Crippen LogP contribution < -0.4 is 32.7 Å². The van der Waals surface area contributed by atoms with Gasteiger partial charge in [0.15, 0.2) is 11.4 Å². The van der Waals surface area contributed by atoms with Gasteiger partial charge in [-0.2, -0.15) is 0 Å². The molecule has 0 spiro atoms. The molecular weight excluding hydrogens is 777 g/mol. The van der Waals surface area contributed by atoms with E-state index in [1.807, 2.05) is 9.80 Å². The van der Waals surface area contributed by atoms with E-state index in [4.69, 9.17) is 30.4 Å². The number of hydrogen-bond acceptors (Lipinski definition) is 16. The maximum absolute atomic E-state index is 14.0. The number of nitrogens with one attached hydrogen (secondary N) is 4. The van der Waals surface area contributed by atoms with E-state index in [-0.39, 0.29) is 60.5 Å². The topological polar surface area (TPSA) is 266 Å². The smallest absolute Gasteiger partial charge is 0.404 e. The minimum absolute atomic E-state index is 0.0918. The van der Waals surface area contributed by atoms with Gasteiger partial charge in [0.2, 0.25) is 23.1 Å². The summed E-state index contributed by atoms with van der Waals surface area (Å²) in [5.41, 5.74) is 11.3. The van der Waals surface area contributed by atoms with Crippen molar-refractivity contribution >= 4 is 35.3 Å². The number of primary amides is 2. The summed E-state index contributed by atoms with van der Waals surface area (Å²) in [5, 5.41) is 13.3. The maximum Gasteiger partial charge on any atom is 0.404 e. The third-order valence-electron chi connectivity index (χ3n) is 14.1. The molecular formula is C42H58N8O10. The Bertz CT molecular complexity index is 1870. The number of piperazine rings is 2. The van der Waals surface area contributed by atoms with Gasteiger partial charge in [0, 0.05) is 74.8 Å². The zero-order chi connectivity index (χ0) is 42.7. The monoisotopic (exact) mass is 834 g/mol. The van der Waals surface area contributed by atoms with Gasteiger partial charge in [0.1, 0.15) is 13.2 Å². The van der Waals surface area contributed by atoms with Gasteiger partial charge in [-0.05, 0) is 26.7 Å². The highest BCUT2D eigenvalue weighted by atomic mass is 16.6. The first-order valence-corrected chi connectivity index (χ1v) is 21.4. The lowest BCUT2D eigenvalue weighted by Crippen LogP contribution is -2.55. The Morgan fingerprint density at radius 3 is 1.30 bits per heavy atom. The molecule has 4 fully saturated rings. The number of ether oxygens (including phenoxy) is 4. The normalized spacial score (nSPS) is 32.0. The van der Waals surface area contributed by atoms with Gasteiger partial charge in [-0.15, -0.1) is 0 Å². The van der Waals surface area contributed by atoms with Gasteiger partial charge in [0.25, 0.3) is 0 Å². The lowest BCUT2D eigenvalue weighted by molar-refractivity contribution is -0.137. The minimum Gasteiger partial charge on any atom is -0.449 e. The molecule has 60 heavy (non-hydrogen) atoms. The van der Waals surface area contributed by atoms with Crippen LogP contribution in [0.1, 0.15) is 78.1 Å². The number of amides is 2. The fourth-order valence-electron chi connectivity index (χ4n) is 11.1. The van der Waals surface area contributed by atoms with E-state index in [1.54, 1.807) is 28.1 Å². The van der Waals surface area contributed by atoms with Crippen molar-refractivity contribution in [3.05, 3.63) is 45.1 Å². The quantitative estimate of drug-likeness (QED) is 0.0532. The van der Waals surface area contributed by atoms with Gasteiger partial charge in [-0.25, -0.2) is 9.59 Å². The predicted octanol–water partition coefficient (Wildman–Crippen LogP) is 0.874. The Balaban J connectivity index is 0.722. The molecule has 2 amide bonds. The highest BCUT2D eigenvalue weighted by Gasteiger charge is 2.74. The molecule has 2 aliphatic carbocycles. The van der Waals surface area contributed by atoms with E-state index in [9.17, 15) is 28.8 Å². The number of nitrogens with two attached hydrogens (primary N) is 2. The number of methoxy groups -OCH3 is 2. The Morgan fingerprint density at radius 1 is 0.617 bits per heavy atom. The van der Waals surface area contributed by atoms with Crippen LogP contribution in [0.25, 0.3) is 0 Å². The van der Waals surface area contributed by atoms with Crippen molar-refractivity contribution in [2.75, 3.05) is 53.6 Å². The molecule has 18 nitrogen and oxygen atoms in total. The summed E-state index contributed by atoms with van der Waals surface area (Å²) in [4.78, 5) is 82.3. The van der Waals surface area contributed by atoms with E-state index >= 15 is 0 Å². The first-order chi connectivity index (χ1) is 28.8. The SMILES string of the molecule is CO[C@@]12[C@H](COC(N)=O)C3=C(C(=O)C(C)=C(NCCCCCCCCCCCCNC4=C(C)C(=O)C5=C(C4=O)[C@@H](COC(N)=O)[C@@]4(OC)[C@H]6N[C@H]6CN54)C3=O)N1C[C@@H]1N[C@@H]12. The second-order valence-electron chi connectivity index (χ2n) is 17.2. The molecule has 6 aliphatic heterocycles. The molecule has 0 radical (unpaired) electrons. The molecule has 8 N–H and O–H groups in total. The minimum atomic E-state index is -0.999. The molecule has 6 heterocycles. The molecule has 0 aromatic heterocycles. The van der Waals surface area contributed by atoms with Crippen LogP contribution in [0, 0.1) is 11.8 Å². The van der Waals surface area contributed by atoms with Crippen LogP contribution in [0.2, 0.25) is 0 Å². The van der Waals surface area contributed by atoms with Crippen LogP contribution in [0.4, 0.5) is 9.59 Å². The Kier molecular flexibility index (Phi) is 11.4.